The third-order valence-electron chi connectivity index (χ3n) is 8.12. The average molecular weight is 737 g/mol. The van der Waals surface area contributed by atoms with Crippen LogP contribution < -0.4 is 4.52 Å². The van der Waals surface area contributed by atoms with Crippen LogP contribution in [0.5, 0.6) is 5.75 Å². The Bertz CT molecular complexity index is 966. The van der Waals surface area contributed by atoms with Gasteiger partial charge in [0.25, 0.3) is 0 Å². The molecule has 1 rings (SSSR count). The summed E-state index contributed by atoms with van der Waals surface area (Å²) in [4.78, 5) is 25.4. The molecule has 0 saturated heterocycles. The van der Waals surface area contributed by atoms with Crippen LogP contribution in [-0.2, 0) is 28.2 Å². The number of halogens is 2. The first kappa shape index (κ1) is 44.7. The highest BCUT2D eigenvalue weighted by Gasteiger charge is 2.36. The van der Waals surface area contributed by atoms with Crippen molar-refractivity contribution >= 4 is 42.9 Å². The van der Waals surface area contributed by atoms with Crippen molar-refractivity contribution in [2.45, 2.75) is 148 Å². The predicted molar refractivity (Wildman–Crippen MR) is 198 cm³/mol. The molecule has 8 nitrogen and oxygen atoms in total. The standard InChI is InChI=1S/C37H64Cl2NO7P/c1-3-5-7-9-11-13-15-17-22-26-36(41)44-32-35(46-37(42)27-23-18-16-14-12-10-8-6-4-2)33-45-48(43,40(30-28-38)31-29-39)47-34-24-20-19-21-25-34/h19-21,24-25,35H,3-18,22-23,26-33H2,1-2H3. The van der Waals surface area contributed by atoms with Crippen LogP contribution in [-0.4, -0.2) is 60.8 Å². The first-order valence-corrected chi connectivity index (χ1v) is 21.2. The van der Waals surface area contributed by atoms with E-state index in [4.69, 9.17) is 41.7 Å². The number of rotatable bonds is 33. The Hall–Kier alpha value is -1.31. The molecule has 0 radical (unpaired) electrons. The Morgan fingerprint density at radius 2 is 1.12 bits per heavy atom. The molecular weight excluding hydrogens is 672 g/mol. The Kier molecular flexibility index (Phi) is 28.4. The number of para-hydroxylation sites is 1. The molecule has 0 amide bonds. The predicted octanol–water partition coefficient (Wildman–Crippen LogP) is 11.3. The summed E-state index contributed by atoms with van der Waals surface area (Å²) in [6.45, 7) is 4.35. The maximum atomic E-state index is 14.2. The van der Waals surface area contributed by atoms with E-state index >= 15 is 0 Å². The molecule has 0 saturated carbocycles. The van der Waals surface area contributed by atoms with E-state index in [1.807, 2.05) is 6.07 Å². The summed E-state index contributed by atoms with van der Waals surface area (Å²) in [7, 11) is -3.98. The van der Waals surface area contributed by atoms with Gasteiger partial charge in [-0.05, 0) is 25.0 Å². The Morgan fingerprint density at radius 1 is 0.667 bits per heavy atom. The molecule has 48 heavy (non-hydrogen) atoms. The minimum absolute atomic E-state index is 0.177. The molecule has 2 atom stereocenters. The molecule has 11 heteroatoms. The zero-order valence-corrected chi connectivity index (χ0v) is 32.3. The largest absolute Gasteiger partial charge is 0.462 e. The van der Waals surface area contributed by atoms with Gasteiger partial charge in [0, 0.05) is 37.7 Å². The smallest absolute Gasteiger partial charge is 0.461 e. The highest BCUT2D eigenvalue weighted by Crippen LogP contribution is 2.52. The lowest BCUT2D eigenvalue weighted by Gasteiger charge is -2.30. The summed E-state index contributed by atoms with van der Waals surface area (Å²) in [5, 5.41) is 0. The van der Waals surface area contributed by atoms with Gasteiger partial charge in [0.15, 0.2) is 6.10 Å². The van der Waals surface area contributed by atoms with Gasteiger partial charge in [0.2, 0.25) is 0 Å². The third kappa shape index (κ3) is 23.2. The SMILES string of the molecule is CCCCCCCCCCCC(=O)OCC(COP(=O)(Oc1ccccc1)N(CCCl)CCCl)OC(=O)CCCCCCCCCCC. The van der Waals surface area contributed by atoms with Crippen molar-refractivity contribution in [1.29, 1.82) is 0 Å². The minimum atomic E-state index is -3.98. The van der Waals surface area contributed by atoms with Crippen molar-refractivity contribution in [1.82, 2.24) is 4.67 Å². The number of benzene rings is 1. The molecule has 1 aromatic carbocycles. The van der Waals surface area contributed by atoms with Gasteiger partial charge in [-0.2, -0.15) is 4.67 Å². The van der Waals surface area contributed by atoms with Crippen molar-refractivity contribution in [3.05, 3.63) is 30.3 Å². The van der Waals surface area contributed by atoms with E-state index in [0.717, 1.165) is 32.1 Å². The summed E-state index contributed by atoms with van der Waals surface area (Å²) in [6.07, 6.45) is 20.2. The summed E-state index contributed by atoms with van der Waals surface area (Å²) in [5.41, 5.74) is 0. The molecule has 0 aliphatic rings. The number of nitrogens with zero attached hydrogens (tertiary/aromatic N) is 1. The fourth-order valence-corrected chi connectivity index (χ4v) is 7.70. The van der Waals surface area contributed by atoms with Gasteiger partial charge >= 0.3 is 19.7 Å². The maximum absolute atomic E-state index is 14.2. The van der Waals surface area contributed by atoms with E-state index in [0.29, 0.717) is 18.6 Å². The van der Waals surface area contributed by atoms with Crippen LogP contribution in [0.25, 0.3) is 0 Å². The van der Waals surface area contributed by atoms with Crippen molar-refractivity contribution in [3.8, 4) is 5.75 Å². The van der Waals surface area contributed by atoms with Gasteiger partial charge in [-0.1, -0.05) is 135 Å². The van der Waals surface area contributed by atoms with Crippen molar-refractivity contribution < 1.29 is 32.7 Å². The molecule has 2 unspecified atom stereocenters. The zero-order valence-electron chi connectivity index (χ0n) is 29.9. The lowest BCUT2D eigenvalue weighted by Crippen LogP contribution is -2.33. The van der Waals surface area contributed by atoms with E-state index in [-0.39, 0.29) is 50.5 Å². The van der Waals surface area contributed by atoms with Gasteiger partial charge in [-0.25, -0.2) is 4.57 Å². The zero-order chi connectivity index (χ0) is 35.1. The van der Waals surface area contributed by atoms with Crippen LogP contribution in [0.3, 0.4) is 0 Å². The number of carbonyl (C=O) groups is 2. The van der Waals surface area contributed by atoms with Gasteiger partial charge in [-0.15, -0.1) is 23.2 Å². The molecule has 0 aliphatic heterocycles. The van der Waals surface area contributed by atoms with E-state index in [1.165, 1.54) is 81.7 Å². The van der Waals surface area contributed by atoms with Gasteiger partial charge in [-0.3, -0.25) is 14.1 Å². The molecule has 0 fully saturated rings. The lowest BCUT2D eigenvalue weighted by molar-refractivity contribution is -0.161. The number of alkyl halides is 2. The van der Waals surface area contributed by atoms with Crippen LogP contribution >= 0.6 is 30.9 Å². The normalized spacial score (nSPS) is 13.3. The second-order valence-corrected chi connectivity index (χ2v) is 15.2. The van der Waals surface area contributed by atoms with Crippen LogP contribution in [0, 0.1) is 0 Å². The number of ether oxygens (including phenoxy) is 2. The Morgan fingerprint density at radius 3 is 1.60 bits per heavy atom. The van der Waals surface area contributed by atoms with Gasteiger partial charge in [0.05, 0.1) is 6.61 Å². The topological polar surface area (TPSA) is 91.4 Å². The van der Waals surface area contributed by atoms with E-state index in [2.05, 4.69) is 13.8 Å². The number of hydrogen-bond donors (Lipinski definition) is 0. The van der Waals surface area contributed by atoms with Crippen LogP contribution in [0.4, 0.5) is 0 Å². The van der Waals surface area contributed by atoms with Crippen molar-refractivity contribution in [2.24, 2.45) is 0 Å². The Balaban J connectivity index is 2.74. The van der Waals surface area contributed by atoms with E-state index in [9.17, 15) is 14.2 Å². The molecule has 0 heterocycles. The second kappa shape index (κ2) is 30.5. The molecular formula is C37H64Cl2NO7P. The quantitative estimate of drug-likeness (QED) is 0.0305. The van der Waals surface area contributed by atoms with Crippen molar-refractivity contribution in [3.63, 3.8) is 0 Å². The molecule has 0 bridgehead atoms. The number of hydrogen-bond acceptors (Lipinski definition) is 7. The number of carbonyl (C=O) groups excluding carboxylic acids is 2. The molecule has 278 valence electrons. The fourth-order valence-electron chi connectivity index (χ4n) is 5.29. The molecule has 0 N–H and O–H groups in total. The summed E-state index contributed by atoms with van der Waals surface area (Å²) >= 11 is 12.0. The second-order valence-electron chi connectivity index (χ2n) is 12.5. The summed E-state index contributed by atoms with van der Waals surface area (Å²) < 4.78 is 38.7. The summed E-state index contributed by atoms with van der Waals surface area (Å²) in [6, 6.07) is 8.69. The highest BCUT2D eigenvalue weighted by molar-refractivity contribution is 7.51. The van der Waals surface area contributed by atoms with Gasteiger partial charge < -0.3 is 14.0 Å². The fraction of sp³-hybridized carbons (Fsp3) is 0.784. The van der Waals surface area contributed by atoms with Crippen LogP contribution in [0.1, 0.15) is 142 Å². The minimum Gasteiger partial charge on any atom is -0.462 e. The third-order valence-corrected chi connectivity index (χ3v) is 10.5. The number of unbranched alkanes of at least 4 members (excludes halogenated alkanes) is 16. The van der Waals surface area contributed by atoms with Crippen LogP contribution in [0.15, 0.2) is 30.3 Å². The number of esters is 2. The first-order chi connectivity index (χ1) is 23.4. The monoisotopic (exact) mass is 735 g/mol. The van der Waals surface area contributed by atoms with E-state index < -0.39 is 19.8 Å². The molecule has 0 aromatic heterocycles. The molecule has 1 aromatic rings. The Labute approximate surface area is 301 Å². The molecule has 0 spiro atoms. The summed E-state index contributed by atoms with van der Waals surface area (Å²) in [5.74, 6) is -0.0565. The highest BCUT2D eigenvalue weighted by atomic mass is 35.5. The lowest BCUT2D eigenvalue weighted by atomic mass is 10.1. The van der Waals surface area contributed by atoms with Crippen LogP contribution in [0.2, 0.25) is 0 Å². The maximum Gasteiger partial charge on any atom is 0.461 e. The first-order valence-electron chi connectivity index (χ1n) is 18.6. The van der Waals surface area contributed by atoms with E-state index in [1.54, 1.807) is 24.3 Å². The average Bonchev–Trinajstić information content (AvgIpc) is 3.08. The molecule has 0 aliphatic carbocycles. The van der Waals surface area contributed by atoms with Crippen molar-refractivity contribution in [2.75, 3.05) is 38.1 Å². The van der Waals surface area contributed by atoms with Gasteiger partial charge in [0.1, 0.15) is 12.4 Å².